The van der Waals surface area contributed by atoms with Crippen LogP contribution in [-0.2, 0) is 66.3 Å². The summed E-state index contributed by atoms with van der Waals surface area (Å²) in [7, 11) is -4.38. The molecule has 2 rings (SSSR count). The lowest BCUT2D eigenvalue weighted by Gasteiger charge is -2.48. The van der Waals surface area contributed by atoms with Gasteiger partial charge in [0.1, 0.15) is 85.0 Å². The fraction of sp³-hybridized carbons (Fsp3) is 0.775. The summed E-state index contributed by atoms with van der Waals surface area (Å²) in [6, 6.07) is -10.4. The number of methoxy groups -OCH3 is 1. The first-order valence-electron chi connectivity index (χ1n) is 22.5. The second-order valence-corrected chi connectivity index (χ2v) is 17.9. The number of aliphatic hydroxyl groups is 4. The standard InChI is InChI=1S/C40H69N8O23P/c1-16(33(56)44-18(3)38(62)66-7)43-36(59)22(10-8-9-13-41)47-26(53)12-11-23(37(60)61)48-34(57)17(2)42-35(58)19(4)67-32-28(46-21(6)52)40(71-72(63,64)65)69-25(15-50)31(32)70-39-27(45-20(5)51)30(55)29(54)24(14-49)68-39/h16-19,22-25,27-32,39-40,49-50,54-55H,8-15,41H2,1-7H3,(H,42,58)(H,43,59)(H,44,56)(H,45,51)(H,46,52)(H,47,53)(H,48,57)(H,60,61)(H2,63,64,65)/p-2/t16-,17+,18-,19-,22+,23-,24-,25-,27-,28-,29-,30-,31-,32-,39+,40-/m1/s1. The minimum absolute atomic E-state index is 0.0607. The summed E-state index contributed by atoms with van der Waals surface area (Å²) in [5.41, 5.74) is 5.57. The van der Waals surface area contributed by atoms with E-state index in [0.717, 1.165) is 34.8 Å². The molecule has 16 atom stereocenters. The van der Waals surface area contributed by atoms with Crippen molar-refractivity contribution in [3.8, 4) is 0 Å². The highest BCUT2D eigenvalue weighted by molar-refractivity contribution is 7.46. The molecule has 412 valence electrons. The van der Waals surface area contributed by atoms with Crippen LogP contribution in [0.15, 0.2) is 9.98 Å². The number of phosphoric ester groups is 1. The van der Waals surface area contributed by atoms with Crippen LogP contribution in [-0.4, -0.2) is 213 Å². The summed E-state index contributed by atoms with van der Waals surface area (Å²) in [6.45, 7) is 5.06. The average molecular weight is 1060 g/mol. The molecule has 31 nitrogen and oxygen atoms in total. The smallest absolute Gasteiger partial charge is 0.472 e. The highest BCUT2D eigenvalue weighted by Gasteiger charge is 2.54. The van der Waals surface area contributed by atoms with Crippen LogP contribution in [0.1, 0.15) is 73.6 Å². The summed E-state index contributed by atoms with van der Waals surface area (Å²) in [5, 5.41) is 87.7. The monoisotopic (exact) mass is 1060 g/mol. The lowest BCUT2D eigenvalue weighted by atomic mass is 9.94. The number of ether oxygens (including phenoxy) is 5. The molecule has 32 heteroatoms. The molecule has 0 radical (unpaired) electrons. The van der Waals surface area contributed by atoms with Crippen molar-refractivity contribution in [2.45, 2.75) is 171 Å². The van der Waals surface area contributed by atoms with E-state index in [1.54, 1.807) is 0 Å². The normalized spacial score (nSPS) is 27.4. The summed E-state index contributed by atoms with van der Waals surface area (Å²) < 4.78 is 44.4. The van der Waals surface area contributed by atoms with Crippen molar-refractivity contribution < 1.29 is 112 Å². The minimum Gasteiger partial charge on any atom is -0.862 e. The molecule has 0 aliphatic carbocycles. The molecular formula is C40H67N8O23P-2. The molecule has 2 aliphatic heterocycles. The third kappa shape index (κ3) is 19.8. The number of esters is 1. The van der Waals surface area contributed by atoms with Crippen LogP contribution in [0.2, 0.25) is 0 Å². The summed E-state index contributed by atoms with van der Waals surface area (Å²) >= 11 is 0. The number of amides is 5. The van der Waals surface area contributed by atoms with Gasteiger partial charge in [0.25, 0.3) is 0 Å². The zero-order valence-electron chi connectivity index (χ0n) is 40.5. The molecule has 0 aromatic heterocycles. The van der Waals surface area contributed by atoms with E-state index in [4.69, 9.17) is 29.2 Å². The molecule has 0 saturated carbocycles. The van der Waals surface area contributed by atoms with Gasteiger partial charge in [0.15, 0.2) is 12.6 Å². The number of carbonyl (C=O) groups is 7. The van der Waals surface area contributed by atoms with Crippen LogP contribution >= 0.6 is 7.82 Å². The van der Waals surface area contributed by atoms with Crippen molar-refractivity contribution in [1.29, 1.82) is 0 Å². The summed E-state index contributed by atoms with van der Waals surface area (Å²) in [6.07, 6.45) is -17.0. The van der Waals surface area contributed by atoms with Gasteiger partial charge >= 0.3 is 19.8 Å². The van der Waals surface area contributed by atoms with Crippen molar-refractivity contribution in [1.82, 2.24) is 26.6 Å². The fourth-order valence-electron chi connectivity index (χ4n) is 7.11. The van der Waals surface area contributed by atoms with Crippen molar-refractivity contribution >= 4 is 61.1 Å². The Balaban J connectivity index is 2.30. The van der Waals surface area contributed by atoms with E-state index in [1.165, 1.54) is 13.8 Å². The molecule has 72 heavy (non-hydrogen) atoms. The second-order valence-electron chi connectivity index (χ2n) is 16.7. The number of aliphatic imine (C=N–C) groups is 2. The number of aliphatic carboxylic acids is 1. The van der Waals surface area contributed by atoms with Crippen LogP contribution in [0.25, 0.3) is 0 Å². The molecule has 2 saturated heterocycles. The Morgan fingerprint density at radius 3 is 1.78 bits per heavy atom. The molecule has 2 fully saturated rings. The average Bonchev–Trinajstić information content (AvgIpc) is 3.29. The highest BCUT2D eigenvalue weighted by Crippen LogP contribution is 2.43. The number of aliphatic hydroxyl groups excluding tert-OH is 4. The number of unbranched alkanes of at least 4 members (excludes halogenated alkanes) is 1. The maximum absolute atomic E-state index is 13.6. The molecule has 2 aliphatic rings. The first-order valence-corrected chi connectivity index (χ1v) is 24.0. The SMILES string of the molecule is COC(=O)[C@@H](C)NC(=O)[C@@H](C)NC(=O)[C@H](CCCCN)NC(=O)CC[C@@H](NC(=O)[C@H](C)NC(=O)[C@@H](C)O[C@@H]1[C@@H](N=C(C)[O-])[C@@H](OP(=O)(O)O)O[C@H](CO)[C@H]1O[C@@H]1O[C@H](CO)[C@@H](O)[C@H](O)[C@H]1N=C(C)[O-])C(=O)O. The van der Waals surface area contributed by atoms with E-state index < -0.39 is 185 Å². The molecule has 14 N–H and O–H groups in total. The number of hydrogen-bond donors (Lipinski definition) is 13. The Hall–Kier alpha value is -5.02. The van der Waals surface area contributed by atoms with Crippen molar-refractivity contribution in [3.05, 3.63) is 0 Å². The molecule has 0 bridgehead atoms. The number of nitrogens with one attached hydrogen (secondary N) is 5. The van der Waals surface area contributed by atoms with E-state index in [2.05, 4.69) is 41.3 Å². The summed E-state index contributed by atoms with van der Waals surface area (Å²) in [4.78, 5) is 117. The molecule has 0 unspecified atom stereocenters. The Morgan fingerprint density at radius 2 is 1.25 bits per heavy atom. The van der Waals surface area contributed by atoms with Crippen LogP contribution in [0.5, 0.6) is 0 Å². The first kappa shape index (κ1) is 63.1. The van der Waals surface area contributed by atoms with Gasteiger partial charge in [-0.2, -0.15) is 0 Å². The molecular weight excluding hydrogens is 991 g/mol. The van der Waals surface area contributed by atoms with Gasteiger partial charge in [-0.25, -0.2) is 14.2 Å². The van der Waals surface area contributed by atoms with Gasteiger partial charge in [-0.15, -0.1) is 0 Å². The van der Waals surface area contributed by atoms with Gasteiger partial charge in [0.2, 0.25) is 29.5 Å². The van der Waals surface area contributed by atoms with Gasteiger partial charge in [0, 0.05) is 6.42 Å². The van der Waals surface area contributed by atoms with Gasteiger partial charge < -0.3 is 102 Å². The maximum atomic E-state index is 13.6. The van der Waals surface area contributed by atoms with E-state index in [-0.39, 0.29) is 13.0 Å². The second kappa shape index (κ2) is 29.6. The zero-order valence-corrected chi connectivity index (χ0v) is 41.4. The Morgan fingerprint density at radius 1 is 0.708 bits per heavy atom. The third-order valence-corrected chi connectivity index (χ3v) is 11.3. The van der Waals surface area contributed by atoms with E-state index >= 15 is 0 Å². The maximum Gasteiger partial charge on any atom is 0.472 e. The zero-order chi connectivity index (χ0) is 54.8. The van der Waals surface area contributed by atoms with Gasteiger partial charge in [-0.1, -0.05) is 0 Å². The lowest BCUT2D eigenvalue weighted by molar-refractivity contribution is -0.328. The number of hydrogen-bond acceptors (Lipinski definition) is 23. The van der Waals surface area contributed by atoms with Gasteiger partial charge in [-0.05, 0) is 85.6 Å². The Labute approximate surface area is 412 Å². The fourth-order valence-corrected chi connectivity index (χ4v) is 7.56. The third-order valence-electron chi connectivity index (χ3n) is 10.9. The van der Waals surface area contributed by atoms with Crippen LogP contribution in [0.3, 0.4) is 0 Å². The van der Waals surface area contributed by atoms with Gasteiger partial charge in [0.05, 0.1) is 20.3 Å². The van der Waals surface area contributed by atoms with Crippen LogP contribution in [0.4, 0.5) is 0 Å². The number of nitrogens with zero attached hydrogens (tertiary/aromatic N) is 2. The quantitative estimate of drug-likeness (QED) is 0.0114. The number of nitrogens with two attached hydrogens (primary N) is 1. The molecule has 5 amide bonds. The number of carboxylic acid groups (broad SMARTS) is 1. The van der Waals surface area contributed by atoms with Gasteiger partial charge in [-0.3, -0.25) is 38.5 Å². The molecule has 0 spiro atoms. The number of rotatable bonds is 28. The topological polar surface area (TPSA) is 491 Å². The van der Waals surface area contributed by atoms with E-state index in [1.807, 2.05) is 0 Å². The highest BCUT2D eigenvalue weighted by atomic mass is 31.2. The van der Waals surface area contributed by atoms with Crippen LogP contribution < -0.4 is 42.5 Å². The number of phosphoric acid groups is 1. The lowest BCUT2D eigenvalue weighted by Crippen LogP contribution is -2.65. The van der Waals surface area contributed by atoms with E-state index in [0.29, 0.717) is 12.8 Å². The predicted octanol–water partition coefficient (Wildman–Crippen LogP) is -7.64. The molecule has 2 heterocycles. The van der Waals surface area contributed by atoms with E-state index in [9.17, 15) is 83.7 Å². The minimum atomic E-state index is -5.50. The van der Waals surface area contributed by atoms with Crippen molar-refractivity contribution in [2.24, 2.45) is 15.7 Å². The summed E-state index contributed by atoms with van der Waals surface area (Å²) in [5.74, 6) is -8.83. The molecule has 0 aromatic carbocycles. The largest absolute Gasteiger partial charge is 0.862 e. The predicted molar refractivity (Wildman–Crippen MR) is 238 cm³/mol. The number of carboxylic acids is 1. The number of carbonyl (C=O) groups excluding carboxylic acids is 6. The molecule has 0 aromatic rings. The Bertz CT molecular complexity index is 1950. The Kier molecular flexibility index (Phi) is 26.0. The van der Waals surface area contributed by atoms with Crippen LogP contribution in [0, 0.1) is 0 Å². The first-order chi connectivity index (χ1) is 33.6. The van der Waals surface area contributed by atoms with Crippen molar-refractivity contribution in [3.63, 3.8) is 0 Å². The van der Waals surface area contributed by atoms with Crippen molar-refractivity contribution in [2.75, 3.05) is 26.9 Å².